The first-order valence-electron chi connectivity index (χ1n) is 6.05. The van der Waals surface area contributed by atoms with Gasteiger partial charge in [-0.25, -0.2) is 4.79 Å². The van der Waals surface area contributed by atoms with E-state index in [0.29, 0.717) is 17.8 Å². The molecule has 1 rings (SSSR count). The summed E-state index contributed by atoms with van der Waals surface area (Å²) < 4.78 is 0. The Morgan fingerprint density at radius 3 is 2.58 bits per heavy atom. The molecule has 0 fully saturated rings. The van der Waals surface area contributed by atoms with Crippen LogP contribution in [0.2, 0.25) is 0 Å². The van der Waals surface area contributed by atoms with Gasteiger partial charge in [-0.05, 0) is 36.7 Å². The molecule has 0 aliphatic heterocycles. The second kappa shape index (κ2) is 6.94. The van der Waals surface area contributed by atoms with Gasteiger partial charge in [0.25, 0.3) is 0 Å². The maximum Gasteiger partial charge on any atom is 0.326 e. The number of carboxylic acids is 1. The van der Waals surface area contributed by atoms with E-state index in [4.69, 9.17) is 23.1 Å². The van der Waals surface area contributed by atoms with Crippen molar-refractivity contribution >= 4 is 34.7 Å². The number of carboxylic acid groups (broad SMARTS) is 1. The van der Waals surface area contributed by atoms with Crippen LogP contribution in [0.3, 0.4) is 0 Å². The van der Waals surface area contributed by atoms with Crippen molar-refractivity contribution in [2.45, 2.75) is 26.3 Å². The summed E-state index contributed by atoms with van der Waals surface area (Å²) in [4.78, 5) is 11.1. The SMILES string of the molecule is CC(C)C[C@H](NC(=S)Nc1ccccc1N)C(=O)O. The number of hydrogen-bond donors (Lipinski definition) is 4. The first-order valence-corrected chi connectivity index (χ1v) is 6.45. The normalized spacial score (nSPS) is 11.9. The summed E-state index contributed by atoms with van der Waals surface area (Å²) in [6.45, 7) is 3.92. The Bertz CT molecular complexity index is 463. The molecule has 6 heteroatoms. The number of nitrogens with two attached hydrogens (primary N) is 1. The van der Waals surface area contributed by atoms with Crippen LogP contribution in [0.1, 0.15) is 20.3 Å². The van der Waals surface area contributed by atoms with E-state index >= 15 is 0 Å². The lowest BCUT2D eigenvalue weighted by Gasteiger charge is -2.19. The molecule has 0 bridgehead atoms. The predicted octanol–water partition coefficient (Wildman–Crippen LogP) is 2.05. The van der Waals surface area contributed by atoms with Gasteiger partial charge in [0.15, 0.2) is 5.11 Å². The molecule has 5 nitrogen and oxygen atoms in total. The smallest absolute Gasteiger partial charge is 0.326 e. The summed E-state index contributed by atoms with van der Waals surface area (Å²) in [5.41, 5.74) is 6.99. The Hall–Kier alpha value is -1.82. The number of thiocarbonyl (C=S) groups is 1. The zero-order valence-corrected chi connectivity index (χ0v) is 11.8. The van der Waals surface area contributed by atoms with Crippen molar-refractivity contribution in [1.82, 2.24) is 5.32 Å². The van der Waals surface area contributed by atoms with Crippen LogP contribution in [-0.4, -0.2) is 22.2 Å². The van der Waals surface area contributed by atoms with Crippen LogP contribution in [0.15, 0.2) is 24.3 Å². The van der Waals surface area contributed by atoms with Crippen molar-refractivity contribution in [2.75, 3.05) is 11.1 Å². The fraction of sp³-hybridized carbons (Fsp3) is 0.385. The van der Waals surface area contributed by atoms with Crippen molar-refractivity contribution < 1.29 is 9.90 Å². The molecule has 0 saturated carbocycles. The third-order valence-electron chi connectivity index (χ3n) is 2.52. The van der Waals surface area contributed by atoms with E-state index in [9.17, 15) is 4.79 Å². The molecule has 104 valence electrons. The minimum Gasteiger partial charge on any atom is -0.480 e. The third kappa shape index (κ3) is 5.13. The molecule has 0 spiro atoms. The topological polar surface area (TPSA) is 87.4 Å². The van der Waals surface area contributed by atoms with Gasteiger partial charge in [-0.15, -0.1) is 0 Å². The highest BCUT2D eigenvalue weighted by Crippen LogP contribution is 2.16. The molecule has 0 heterocycles. The summed E-state index contributed by atoms with van der Waals surface area (Å²) in [7, 11) is 0. The van der Waals surface area contributed by atoms with Crippen molar-refractivity contribution in [3.63, 3.8) is 0 Å². The fourth-order valence-electron chi connectivity index (χ4n) is 1.62. The summed E-state index contributed by atoms with van der Waals surface area (Å²) in [6.07, 6.45) is 0.501. The summed E-state index contributed by atoms with van der Waals surface area (Å²) in [5.74, 6) is -0.655. The number of rotatable bonds is 5. The molecule has 0 aromatic heterocycles. The number of carbonyl (C=O) groups is 1. The lowest BCUT2D eigenvalue weighted by Crippen LogP contribution is -2.43. The van der Waals surface area contributed by atoms with E-state index in [1.165, 1.54) is 0 Å². The number of anilines is 2. The highest BCUT2D eigenvalue weighted by Gasteiger charge is 2.19. The van der Waals surface area contributed by atoms with Crippen LogP contribution < -0.4 is 16.4 Å². The molecular weight excluding hydrogens is 262 g/mol. The molecule has 0 radical (unpaired) electrons. The number of hydrogen-bond acceptors (Lipinski definition) is 3. The lowest BCUT2D eigenvalue weighted by atomic mass is 10.0. The van der Waals surface area contributed by atoms with Gasteiger partial charge >= 0.3 is 5.97 Å². The molecule has 0 aliphatic carbocycles. The van der Waals surface area contributed by atoms with E-state index in [1.807, 2.05) is 26.0 Å². The monoisotopic (exact) mass is 281 g/mol. The summed E-state index contributed by atoms with van der Waals surface area (Å²) >= 11 is 5.10. The van der Waals surface area contributed by atoms with Crippen molar-refractivity contribution in [3.8, 4) is 0 Å². The average Bonchev–Trinajstić information content (AvgIpc) is 2.30. The van der Waals surface area contributed by atoms with Crippen LogP contribution in [0, 0.1) is 5.92 Å². The van der Waals surface area contributed by atoms with Crippen LogP contribution in [0.4, 0.5) is 11.4 Å². The zero-order chi connectivity index (χ0) is 14.4. The van der Waals surface area contributed by atoms with Gasteiger partial charge in [0.2, 0.25) is 0 Å². The molecule has 0 aliphatic rings. The number of benzene rings is 1. The molecule has 0 amide bonds. The Morgan fingerprint density at radius 1 is 1.42 bits per heavy atom. The van der Waals surface area contributed by atoms with Crippen molar-refractivity contribution in [2.24, 2.45) is 5.92 Å². The van der Waals surface area contributed by atoms with Gasteiger partial charge in [0.1, 0.15) is 6.04 Å². The van der Waals surface area contributed by atoms with Crippen molar-refractivity contribution in [3.05, 3.63) is 24.3 Å². The highest BCUT2D eigenvalue weighted by molar-refractivity contribution is 7.80. The van der Waals surface area contributed by atoms with Gasteiger partial charge in [0, 0.05) is 0 Å². The molecular formula is C13H19N3O2S. The molecule has 0 saturated heterocycles. The molecule has 5 N–H and O–H groups in total. The maximum absolute atomic E-state index is 11.1. The van der Waals surface area contributed by atoms with Gasteiger partial charge in [-0.2, -0.15) is 0 Å². The second-order valence-corrected chi connectivity index (χ2v) is 5.11. The number of nitrogen functional groups attached to an aromatic ring is 1. The Balaban J connectivity index is 2.63. The molecule has 1 aromatic rings. The first-order chi connectivity index (χ1) is 8.90. The van der Waals surface area contributed by atoms with Gasteiger partial charge in [0.05, 0.1) is 11.4 Å². The lowest BCUT2D eigenvalue weighted by molar-refractivity contribution is -0.139. The van der Waals surface area contributed by atoms with E-state index in [-0.39, 0.29) is 11.0 Å². The molecule has 1 atom stereocenters. The largest absolute Gasteiger partial charge is 0.480 e. The number of aliphatic carboxylic acids is 1. The molecule has 1 aromatic carbocycles. The van der Waals surface area contributed by atoms with Crippen molar-refractivity contribution in [1.29, 1.82) is 0 Å². The quantitative estimate of drug-likeness (QED) is 0.488. The Morgan fingerprint density at radius 2 is 2.05 bits per heavy atom. The predicted molar refractivity (Wildman–Crippen MR) is 81.1 cm³/mol. The summed E-state index contributed by atoms with van der Waals surface area (Å²) in [6, 6.07) is 6.46. The first kappa shape index (κ1) is 15.2. The van der Waals surface area contributed by atoms with Crippen LogP contribution in [-0.2, 0) is 4.79 Å². The average molecular weight is 281 g/mol. The summed E-state index contributed by atoms with van der Waals surface area (Å²) in [5, 5.41) is 15.1. The maximum atomic E-state index is 11.1. The van der Waals surface area contributed by atoms with Gasteiger partial charge < -0.3 is 21.5 Å². The van der Waals surface area contributed by atoms with E-state index in [0.717, 1.165) is 0 Å². The molecule has 19 heavy (non-hydrogen) atoms. The van der Waals surface area contributed by atoms with Gasteiger partial charge in [-0.3, -0.25) is 0 Å². The Labute approximate surface area is 118 Å². The fourth-order valence-corrected chi connectivity index (χ4v) is 1.87. The van der Waals surface area contributed by atoms with E-state index in [1.54, 1.807) is 12.1 Å². The Kier molecular flexibility index (Phi) is 5.57. The third-order valence-corrected chi connectivity index (χ3v) is 2.74. The van der Waals surface area contributed by atoms with Gasteiger partial charge in [-0.1, -0.05) is 26.0 Å². The van der Waals surface area contributed by atoms with Crippen LogP contribution in [0.25, 0.3) is 0 Å². The number of para-hydroxylation sites is 2. The minimum absolute atomic E-state index is 0.256. The van der Waals surface area contributed by atoms with E-state index in [2.05, 4.69) is 10.6 Å². The van der Waals surface area contributed by atoms with Crippen LogP contribution >= 0.6 is 12.2 Å². The second-order valence-electron chi connectivity index (χ2n) is 4.71. The highest BCUT2D eigenvalue weighted by atomic mass is 32.1. The molecule has 0 unspecified atom stereocenters. The van der Waals surface area contributed by atoms with Crippen LogP contribution in [0.5, 0.6) is 0 Å². The standard InChI is InChI=1S/C13H19N3O2S/c1-8(2)7-11(12(17)18)16-13(19)15-10-6-4-3-5-9(10)14/h3-6,8,11H,7,14H2,1-2H3,(H,17,18)(H2,15,16,19)/t11-/m0/s1. The zero-order valence-electron chi connectivity index (χ0n) is 11.0. The minimum atomic E-state index is -0.918. The number of nitrogens with one attached hydrogen (secondary N) is 2. The van der Waals surface area contributed by atoms with E-state index < -0.39 is 12.0 Å².